The third-order valence-corrected chi connectivity index (χ3v) is 3.06. The van der Waals surface area contributed by atoms with Gasteiger partial charge in [-0.1, -0.05) is 42.5 Å². The highest BCUT2D eigenvalue weighted by atomic mass is 16.2. The van der Waals surface area contributed by atoms with Crippen LogP contribution >= 0.6 is 0 Å². The van der Waals surface area contributed by atoms with Gasteiger partial charge in [0.15, 0.2) is 5.78 Å². The number of H-pyrrole nitrogens is 1. The summed E-state index contributed by atoms with van der Waals surface area (Å²) in [5, 5.41) is 2.61. The van der Waals surface area contributed by atoms with E-state index in [1.807, 2.05) is 30.3 Å². The van der Waals surface area contributed by atoms with Crippen molar-refractivity contribution in [1.82, 2.24) is 9.97 Å². The highest BCUT2D eigenvalue weighted by Crippen LogP contribution is 2.13. The van der Waals surface area contributed by atoms with Gasteiger partial charge in [0.1, 0.15) is 0 Å². The van der Waals surface area contributed by atoms with Crippen LogP contribution in [0.4, 0.5) is 5.95 Å². The lowest BCUT2D eigenvalue weighted by Crippen LogP contribution is -2.17. The molecule has 5 heteroatoms. The van der Waals surface area contributed by atoms with Crippen molar-refractivity contribution in [2.45, 2.75) is 6.42 Å². The van der Waals surface area contributed by atoms with Crippen LogP contribution in [0.5, 0.6) is 0 Å². The van der Waals surface area contributed by atoms with E-state index >= 15 is 0 Å². The Morgan fingerprint density at radius 2 is 1.71 bits per heavy atom. The first-order valence-electron chi connectivity index (χ1n) is 6.55. The number of ketones is 1. The Kier molecular flexibility index (Phi) is 3.47. The average Bonchev–Trinajstić information content (AvgIpc) is 2.90. The zero-order chi connectivity index (χ0) is 14.7. The van der Waals surface area contributed by atoms with Gasteiger partial charge in [0.2, 0.25) is 11.9 Å². The number of carbonyl (C=O) groups excluding carboxylic acids is 2. The number of aromatic nitrogens is 2. The molecule has 0 aliphatic heterocycles. The molecule has 0 fully saturated rings. The fourth-order valence-electron chi connectivity index (χ4n) is 2.06. The number of nitrogens with zero attached hydrogens (tertiary/aromatic N) is 1. The minimum absolute atomic E-state index is 0.207. The van der Waals surface area contributed by atoms with Crippen LogP contribution in [0.15, 0.2) is 54.6 Å². The highest BCUT2D eigenvalue weighted by molar-refractivity contribution is 6.10. The number of carbonyl (C=O) groups is 2. The maximum Gasteiger partial charge on any atom is 0.234 e. The number of aromatic amines is 1. The molecule has 1 amide bonds. The standard InChI is InChI=1S/C16H13N3O2/c20-14(11-6-2-1-3-7-11)10-15(21)19-16-17-12-8-4-5-9-13(12)18-16/h1-9H,10H2,(H2,17,18,19,21). The molecule has 3 rings (SSSR count). The summed E-state index contributed by atoms with van der Waals surface area (Å²) in [6, 6.07) is 16.2. The SMILES string of the molecule is O=C(CC(=O)c1ccccc1)Nc1nc2ccccc2[nH]1. The molecular weight excluding hydrogens is 266 g/mol. The molecule has 0 atom stereocenters. The number of benzene rings is 2. The van der Waals surface area contributed by atoms with Gasteiger partial charge < -0.3 is 4.98 Å². The van der Waals surface area contributed by atoms with Crippen molar-refractivity contribution in [3.8, 4) is 0 Å². The third-order valence-electron chi connectivity index (χ3n) is 3.06. The third kappa shape index (κ3) is 2.97. The molecule has 21 heavy (non-hydrogen) atoms. The summed E-state index contributed by atoms with van der Waals surface area (Å²) in [5.41, 5.74) is 2.13. The number of para-hydroxylation sites is 2. The molecule has 0 unspecified atom stereocenters. The summed E-state index contributed by atoms with van der Waals surface area (Å²) in [5.74, 6) is -0.255. The van der Waals surface area contributed by atoms with Crippen molar-refractivity contribution in [2.75, 3.05) is 5.32 Å². The first-order valence-corrected chi connectivity index (χ1v) is 6.55. The minimum atomic E-state index is -0.386. The summed E-state index contributed by atoms with van der Waals surface area (Å²) in [4.78, 5) is 31.0. The van der Waals surface area contributed by atoms with Crippen molar-refractivity contribution in [1.29, 1.82) is 0 Å². The number of hydrogen-bond acceptors (Lipinski definition) is 3. The van der Waals surface area contributed by atoms with Crippen LogP contribution < -0.4 is 5.32 Å². The molecule has 1 aromatic heterocycles. The van der Waals surface area contributed by atoms with Gasteiger partial charge in [-0.25, -0.2) is 4.98 Å². The second-order valence-electron chi connectivity index (χ2n) is 4.62. The van der Waals surface area contributed by atoms with Gasteiger partial charge in [-0.05, 0) is 12.1 Å². The van der Waals surface area contributed by atoms with Crippen molar-refractivity contribution in [2.24, 2.45) is 0 Å². The van der Waals surface area contributed by atoms with Gasteiger partial charge in [-0.2, -0.15) is 0 Å². The Morgan fingerprint density at radius 1 is 1.00 bits per heavy atom. The van der Waals surface area contributed by atoms with Gasteiger partial charge in [0.25, 0.3) is 0 Å². The van der Waals surface area contributed by atoms with Crippen LogP contribution in [-0.2, 0) is 4.79 Å². The van der Waals surface area contributed by atoms with Gasteiger partial charge in [0, 0.05) is 5.56 Å². The zero-order valence-corrected chi connectivity index (χ0v) is 11.2. The number of amides is 1. The maximum atomic E-state index is 11.9. The minimum Gasteiger partial charge on any atom is -0.324 e. The van der Waals surface area contributed by atoms with E-state index in [1.165, 1.54) is 0 Å². The van der Waals surface area contributed by atoms with Gasteiger partial charge in [0.05, 0.1) is 17.5 Å². The predicted molar refractivity (Wildman–Crippen MR) is 80.1 cm³/mol. The van der Waals surface area contributed by atoms with Gasteiger partial charge >= 0.3 is 0 Å². The molecule has 0 aliphatic rings. The fraction of sp³-hybridized carbons (Fsp3) is 0.0625. The molecule has 2 aromatic carbocycles. The largest absolute Gasteiger partial charge is 0.324 e. The fourth-order valence-corrected chi connectivity index (χ4v) is 2.06. The van der Waals surface area contributed by atoms with E-state index in [2.05, 4.69) is 15.3 Å². The summed E-state index contributed by atoms with van der Waals surface area (Å²) >= 11 is 0. The molecule has 2 N–H and O–H groups in total. The molecule has 104 valence electrons. The van der Waals surface area contributed by atoms with Crippen molar-refractivity contribution in [3.63, 3.8) is 0 Å². The van der Waals surface area contributed by atoms with E-state index in [9.17, 15) is 9.59 Å². The Morgan fingerprint density at radius 3 is 2.48 bits per heavy atom. The molecule has 0 saturated heterocycles. The summed E-state index contributed by atoms with van der Waals surface area (Å²) < 4.78 is 0. The first kappa shape index (κ1) is 13.1. The summed E-state index contributed by atoms with van der Waals surface area (Å²) in [7, 11) is 0. The highest BCUT2D eigenvalue weighted by Gasteiger charge is 2.13. The van der Waals surface area contributed by atoms with Gasteiger partial charge in [-0.3, -0.25) is 14.9 Å². The van der Waals surface area contributed by atoms with E-state index in [0.29, 0.717) is 11.5 Å². The Bertz CT molecular complexity index is 760. The quantitative estimate of drug-likeness (QED) is 0.569. The summed E-state index contributed by atoms with van der Waals surface area (Å²) in [6.45, 7) is 0. The maximum absolute atomic E-state index is 11.9. The van der Waals surface area contributed by atoms with Crippen LogP contribution in [0.2, 0.25) is 0 Å². The van der Waals surface area contributed by atoms with Crippen molar-refractivity contribution >= 4 is 28.7 Å². The number of hydrogen-bond donors (Lipinski definition) is 2. The van der Waals surface area contributed by atoms with Crippen LogP contribution in [-0.4, -0.2) is 21.7 Å². The smallest absolute Gasteiger partial charge is 0.234 e. The van der Waals surface area contributed by atoms with E-state index in [-0.39, 0.29) is 18.1 Å². The molecule has 0 aliphatic carbocycles. The average molecular weight is 279 g/mol. The topological polar surface area (TPSA) is 74.8 Å². The molecular formula is C16H13N3O2. The normalized spacial score (nSPS) is 10.5. The monoisotopic (exact) mass is 279 g/mol. The van der Waals surface area contributed by atoms with Crippen LogP contribution in [0.3, 0.4) is 0 Å². The van der Waals surface area contributed by atoms with Crippen molar-refractivity contribution < 1.29 is 9.59 Å². The first-order chi connectivity index (χ1) is 10.2. The molecule has 0 saturated carbocycles. The second-order valence-corrected chi connectivity index (χ2v) is 4.62. The zero-order valence-electron chi connectivity index (χ0n) is 11.2. The number of Topliss-reactive ketones (excluding diaryl/α,β-unsaturated/α-hetero) is 1. The Labute approximate surface area is 121 Å². The number of fused-ring (bicyclic) bond motifs is 1. The van der Waals surface area contributed by atoms with E-state index < -0.39 is 0 Å². The van der Waals surface area contributed by atoms with Crippen LogP contribution in [0, 0.1) is 0 Å². The Balaban J connectivity index is 1.67. The summed E-state index contributed by atoms with van der Waals surface area (Å²) in [6.07, 6.45) is -0.207. The van der Waals surface area contributed by atoms with Gasteiger partial charge in [-0.15, -0.1) is 0 Å². The lowest BCUT2D eigenvalue weighted by Gasteiger charge is -2.01. The van der Waals surface area contributed by atoms with E-state index in [1.54, 1.807) is 24.3 Å². The molecule has 1 heterocycles. The van der Waals surface area contributed by atoms with E-state index in [0.717, 1.165) is 11.0 Å². The lowest BCUT2D eigenvalue weighted by atomic mass is 10.1. The number of nitrogens with one attached hydrogen (secondary N) is 2. The van der Waals surface area contributed by atoms with Crippen LogP contribution in [0.1, 0.15) is 16.8 Å². The lowest BCUT2D eigenvalue weighted by molar-refractivity contribution is -0.115. The molecule has 0 spiro atoms. The molecule has 3 aromatic rings. The number of anilines is 1. The van der Waals surface area contributed by atoms with Crippen molar-refractivity contribution in [3.05, 3.63) is 60.2 Å². The molecule has 0 radical (unpaired) electrons. The second kappa shape index (κ2) is 5.58. The molecule has 0 bridgehead atoms. The number of imidazole rings is 1. The number of rotatable bonds is 4. The van der Waals surface area contributed by atoms with Crippen LogP contribution in [0.25, 0.3) is 11.0 Å². The van der Waals surface area contributed by atoms with E-state index in [4.69, 9.17) is 0 Å². The Hall–Kier alpha value is -2.95. The predicted octanol–water partition coefficient (Wildman–Crippen LogP) is 2.77. The molecule has 5 nitrogen and oxygen atoms in total.